The van der Waals surface area contributed by atoms with Gasteiger partial charge < -0.3 is 24.5 Å². The highest BCUT2D eigenvalue weighted by Gasteiger charge is 2.18. The molecule has 2 amide bonds. The maximum Gasteiger partial charge on any atom is 0.339 e. The summed E-state index contributed by atoms with van der Waals surface area (Å²) in [6, 6.07) is 16.2. The van der Waals surface area contributed by atoms with Crippen molar-refractivity contribution in [2.45, 2.75) is 11.4 Å². The number of amides is 2. The molecule has 3 heterocycles. The van der Waals surface area contributed by atoms with Gasteiger partial charge in [-0.25, -0.2) is 9.78 Å². The number of pyridine rings is 1. The summed E-state index contributed by atoms with van der Waals surface area (Å²) in [5.74, 6) is 0.354. The van der Waals surface area contributed by atoms with Crippen molar-refractivity contribution in [1.29, 1.82) is 0 Å². The van der Waals surface area contributed by atoms with E-state index in [1.807, 2.05) is 18.2 Å². The zero-order chi connectivity index (χ0) is 27.1. The molecule has 0 radical (unpaired) electrons. The first kappa shape index (κ1) is 26.4. The average Bonchev–Trinajstić information content (AvgIpc) is 3.34. The number of rotatable bonds is 10. The molecule has 1 fully saturated rings. The molecule has 39 heavy (non-hydrogen) atoms. The highest BCUT2D eigenvalue weighted by Crippen LogP contribution is 2.24. The molecule has 0 saturated carbocycles. The number of nitrogens with one attached hydrogen (secondary N) is 4. The summed E-state index contributed by atoms with van der Waals surface area (Å²) < 4.78 is 36.3. The quantitative estimate of drug-likeness (QED) is 0.218. The van der Waals surface area contributed by atoms with E-state index in [9.17, 15) is 13.2 Å². The van der Waals surface area contributed by atoms with Crippen molar-refractivity contribution in [2.24, 2.45) is 0 Å². The number of benzene rings is 2. The van der Waals surface area contributed by atoms with Gasteiger partial charge in [-0.1, -0.05) is 6.07 Å². The van der Waals surface area contributed by atoms with Crippen LogP contribution in [0.2, 0.25) is 0 Å². The normalized spacial score (nSPS) is 14.2. The van der Waals surface area contributed by atoms with Gasteiger partial charge in [0.05, 0.1) is 36.5 Å². The van der Waals surface area contributed by atoms with Gasteiger partial charge in [-0.15, -0.1) is 0 Å². The Morgan fingerprint density at radius 1 is 1.08 bits per heavy atom. The number of hydrogen-bond acceptors (Lipinski definition) is 9. The zero-order valence-electron chi connectivity index (χ0n) is 21.1. The Morgan fingerprint density at radius 2 is 1.90 bits per heavy atom. The topological polar surface area (TPSA) is 151 Å². The van der Waals surface area contributed by atoms with Gasteiger partial charge in [-0.05, 0) is 48.5 Å². The Balaban J connectivity index is 1.15. The third kappa shape index (κ3) is 7.22. The van der Waals surface area contributed by atoms with Crippen molar-refractivity contribution in [3.63, 3.8) is 0 Å². The fourth-order valence-electron chi connectivity index (χ4n) is 4.01. The Bertz CT molecular complexity index is 1510. The molecule has 5 rings (SSSR count). The molecule has 0 unspecified atom stereocenters. The molecular weight excluding hydrogens is 522 g/mol. The van der Waals surface area contributed by atoms with Crippen molar-refractivity contribution in [3.05, 3.63) is 72.6 Å². The molecule has 0 atom stereocenters. The Labute approximate surface area is 225 Å². The second-order valence-corrected chi connectivity index (χ2v) is 10.4. The predicted molar refractivity (Wildman–Crippen MR) is 146 cm³/mol. The van der Waals surface area contributed by atoms with Crippen LogP contribution in [0.4, 0.5) is 16.4 Å². The van der Waals surface area contributed by atoms with E-state index < -0.39 is 10.1 Å². The minimum Gasteiger partial charge on any atom is -0.379 e. The standard InChI is InChI=1S/C26H29N7O5S/c34-26(28-11-12-33-13-15-37-16-14-33)32-25-30-23-9-6-21(17-24(23)31-25)38-39(35,36)22-7-4-19(5-8-22)29-18-20-3-1-2-10-27-20/h1-10,17,29H,11-16,18H2,(H3,28,30,31,32,34). The van der Waals surface area contributed by atoms with Gasteiger partial charge in [0.1, 0.15) is 10.6 Å². The monoisotopic (exact) mass is 551 g/mol. The highest BCUT2D eigenvalue weighted by atomic mass is 32.2. The van der Waals surface area contributed by atoms with Gasteiger partial charge in [0, 0.05) is 44.1 Å². The molecule has 1 saturated heterocycles. The van der Waals surface area contributed by atoms with Crippen LogP contribution in [0.3, 0.4) is 0 Å². The molecule has 0 spiro atoms. The molecule has 0 bridgehead atoms. The van der Waals surface area contributed by atoms with Gasteiger partial charge in [-0.3, -0.25) is 15.2 Å². The molecule has 2 aromatic carbocycles. The number of anilines is 2. The molecule has 13 heteroatoms. The molecule has 2 aromatic heterocycles. The van der Waals surface area contributed by atoms with Gasteiger partial charge in [0.2, 0.25) is 5.95 Å². The minimum atomic E-state index is -4.06. The van der Waals surface area contributed by atoms with Crippen molar-refractivity contribution < 1.29 is 22.1 Å². The molecular formula is C26H29N7O5S. The summed E-state index contributed by atoms with van der Waals surface area (Å²) in [6.07, 6.45) is 1.72. The van der Waals surface area contributed by atoms with Crippen molar-refractivity contribution in [3.8, 4) is 5.75 Å². The smallest absolute Gasteiger partial charge is 0.339 e. The van der Waals surface area contributed by atoms with Gasteiger partial charge in [0.25, 0.3) is 0 Å². The van der Waals surface area contributed by atoms with E-state index in [1.54, 1.807) is 24.4 Å². The Morgan fingerprint density at radius 3 is 2.67 bits per heavy atom. The molecule has 4 aromatic rings. The first-order chi connectivity index (χ1) is 18.9. The van der Waals surface area contributed by atoms with Crippen LogP contribution < -0.4 is 20.1 Å². The van der Waals surface area contributed by atoms with Crippen LogP contribution >= 0.6 is 0 Å². The molecule has 204 valence electrons. The fourth-order valence-corrected chi connectivity index (χ4v) is 4.94. The molecule has 1 aliphatic rings. The van der Waals surface area contributed by atoms with E-state index in [-0.39, 0.29) is 22.6 Å². The summed E-state index contributed by atoms with van der Waals surface area (Å²) in [5, 5.41) is 8.66. The number of aromatic nitrogens is 3. The number of H-pyrrole nitrogens is 1. The molecule has 4 N–H and O–H groups in total. The van der Waals surface area contributed by atoms with E-state index in [1.165, 1.54) is 24.3 Å². The third-order valence-corrected chi connectivity index (χ3v) is 7.31. The fraction of sp³-hybridized carbons (Fsp3) is 0.269. The summed E-state index contributed by atoms with van der Waals surface area (Å²) in [4.78, 5) is 26.0. The van der Waals surface area contributed by atoms with E-state index in [0.717, 1.165) is 31.0 Å². The van der Waals surface area contributed by atoms with Crippen LogP contribution in [0.25, 0.3) is 11.0 Å². The molecule has 12 nitrogen and oxygen atoms in total. The third-order valence-electron chi connectivity index (χ3n) is 6.05. The largest absolute Gasteiger partial charge is 0.379 e. The number of carbonyl (C=O) groups excluding carboxylic acids is 1. The van der Waals surface area contributed by atoms with E-state index >= 15 is 0 Å². The van der Waals surface area contributed by atoms with Crippen molar-refractivity contribution in [2.75, 3.05) is 50.0 Å². The Kier molecular flexibility index (Phi) is 8.20. The molecule has 0 aliphatic carbocycles. The lowest BCUT2D eigenvalue weighted by molar-refractivity contribution is 0.0388. The number of imidazole rings is 1. The predicted octanol–water partition coefficient (Wildman–Crippen LogP) is 2.79. The SMILES string of the molecule is O=C(NCCN1CCOCC1)Nc1nc2ccc(OS(=O)(=O)c3ccc(NCc4ccccn4)cc3)cc2[nH]1. The van der Waals surface area contributed by atoms with Crippen LogP contribution in [0, 0.1) is 0 Å². The number of nitrogens with zero attached hydrogens (tertiary/aromatic N) is 3. The lowest BCUT2D eigenvalue weighted by Gasteiger charge is -2.26. The summed E-state index contributed by atoms with van der Waals surface area (Å²) in [5.41, 5.74) is 2.69. The van der Waals surface area contributed by atoms with Crippen LogP contribution in [-0.2, 0) is 21.4 Å². The lowest BCUT2D eigenvalue weighted by Crippen LogP contribution is -2.42. The van der Waals surface area contributed by atoms with Crippen molar-refractivity contribution in [1.82, 2.24) is 25.2 Å². The van der Waals surface area contributed by atoms with E-state index in [2.05, 4.69) is 35.8 Å². The van der Waals surface area contributed by atoms with Gasteiger partial charge in [0.15, 0.2) is 0 Å². The second kappa shape index (κ2) is 12.1. The number of ether oxygens (including phenoxy) is 1. The van der Waals surface area contributed by atoms with E-state index in [4.69, 9.17) is 8.92 Å². The maximum absolute atomic E-state index is 12.8. The number of urea groups is 1. The van der Waals surface area contributed by atoms with Crippen molar-refractivity contribution >= 4 is 38.8 Å². The summed E-state index contributed by atoms with van der Waals surface area (Å²) in [6.45, 7) is 4.84. The van der Waals surface area contributed by atoms with Gasteiger partial charge >= 0.3 is 16.1 Å². The zero-order valence-corrected chi connectivity index (χ0v) is 21.9. The number of carbonyl (C=O) groups is 1. The number of morpholine rings is 1. The lowest BCUT2D eigenvalue weighted by atomic mass is 10.3. The maximum atomic E-state index is 12.8. The van der Waals surface area contributed by atoms with Crippen LogP contribution in [-0.4, -0.2) is 73.7 Å². The number of aromatic amines is 1. The highest BCUT2D eigenvalue weighted by molar-refractivity contribution is 7.87. The first-order valence-electron chi connectivity index (χ1n) is 12.5. The van der Waals surface area contributed by atoms with Gasteiger partial charge in [-0.2, -0.15) is 8.42 Å². The minimum absolute atomic E-state index is 0.0201. The number of fused-ring (bicyclic) bond motifs is 1. The average molecular weight is 552 g/mol. The Hall–Kier alpha value is -4.20. The summed E-state index contributed by atoms with van der Waals surface area (Å²) >= 11 is 0. The second-order valence-electron chi connectivity index (χ2n) is 8.84. The molecule has 1 aliphatic heterocycles. The number of hydrogen-bond donors (Lipinski definition) is 4. The van der Waals surface area contributed by atoms with Crippen LogP contribution in [0.5, 0.6) is 5.75 Å². The van der Waals surface area contributed by atoms with E-state index in [0.29, 0.717) is 37.3 Å². The summed E-state index contributed by atoms with van der Waals surface area (Å²) in [7, 11) is -4.06. The van der Waals surface area contributed by atoms with Crippen LogP contribution in [0.15, 0.2) is 71.8 Å². The van der Waals surface area contributed by atoms with Crippen LogP contribution in [0.1, 0.15) is 5.69 Å². The first-order valence-corrected chi connectivity index (χ1v) is 13.9.